The van der Waals surface area contributed by atoms with E-state index < -0.39 is 18.0 Å². The van der Waals surface area contributed by atoms with Crippen LogP contribution in [-0.2, 0) is 4.74 Å². The van der Waals surface area contributed by atoms with Crippen LogP contribution in [0.25, 0.3) is 0 Å². The van der Waals surface area contributed by atoms with Gasteiger partial charge in [-0.25, -0.2) is 14.2 Å². The van der Waals surface area contributed by atoms with E-state index in [2.05, 4.69) is 11.9 Å². The number of nitrogens with one attached hydrogen (secondary N) is 1. The van der Waals surface area contributed by atoms with Gasteiger partial charge in [-0.15, -0.1) is 0 Å². The molecule has 0 aliphatic carbocycles. The van der Waals surface area contributed by atoms with Crippen molar-refractivity contribution in [3.63, 3.8) is 0 Å². The Kier molecular flexibility index (Phi) is 4.93. The molecule has 23 heavy (non-hydrogen) atoms. The Bertz CT molecular complexity index is 763. The second kappa shape index (κ2) is 7.08. The molecule has 7 heteroatoms. The zero-order chi connectivity index (χ0) is 16.8. The fourth-order valence-electron chi connectivity index (χ4n) is 1.85. The summed E-state index contributed by atoms with van der Waals surface area (Å²) in [5.41, 5.74) is 0.422. The van der Waals surface area contributed by atoms with Gasteiger partial charge in [0, 0.05) is 11.9 Å². The van der Waals surface area contributed by atoms with Crippen LogP contribution in [0.5, 0.6) is 0 Å². The number of rotatable bonds is 5. The van der Waals surface area contributed by atoms with Gasteiger partial charge < -0.3 is 15.2 Å². The Balaban J connectivity index is 2.17. The van der Waals surface area contributed by atoms with E-state index in [-0.39, 0.29) is 17.9 Å². The number of ether oxygens (including phenoxy) is 1. The number of hydrogen-bond donors (Lipinski definition) is 2. The summed E-state index contributed by atoms with van der Waals surface area (Å²) in [4.78, 5) is 35.0. The first-order valence-corrected chi connectivity index (χ1v) is 6.63. The van der Waals surface area contributed by atoms with E-state index in [0.29, 0.717) is 5.69 Å². The number of carboxylic acids is 1. The standard InChI is InChI=1S/C16H14N2O5/c1-2-9-23-16(22)18-8-4-7-13(18)14(19)17-12-6-3-5-11(10-12)15(20)21/h2-8,10H,1,9H2,(H,17,19)(H,20,21). The van der Waals surface area contributed by atoms with Gasteiger partial charge in [0.2, 0.25) is 0 Å². The van der Waals surface area contributed by atoms with Crippen molar-refractivity contribution in [1.29, 1.82) is 0 Å². The summed E-state index contributed by atoms with van der Waals surface area (Å²) < 4.78 is 5.93. The number of nitrogens with zero attached hydrogens (tertiary/aromatic N) is 1. The Morgan fingerprint density at radius 1 is 1.26 bits per heavy atom. The van der Waals surface area contributed by atoms with E-state index in [9.17, 15) is 14.4 Å². The van der Waals surface area contributed by atoms with E-state index >= 15 is 0 Å². The molecule has 1 aromatic heterocycles. The second-order valence-corrected chi connectivity index (χ2v) is 4.47. The molecule has 0 radical (unpaired) electrons. The minimum absolute atomic E-state index is 0.0265. The molecule has 7 nitrogen and oxygen atoms in total. The van der Waals surface area contributed by atoms with Crippen LogP contribution in [0.4, 0.5) is 10.5 Å². The largest absolute Gasteiger partial charge is 0.478 e. The number of benzene rings is 1. The summed E-state index contributed by atoms with van der Waals surface area (Å²) >= 11 is 0. The summed E-state index contributed by atoms with van der Waals surface area (Å²) in [6, 6.07) is 8.77. The first-order chi connectivity index (χ1) is 11.0. The maximum atomic E-state index is 12.2. The van der Waals surface area contributed by atoms with Crippen LogP contribution in [0.15, 0.2) is 55.3 Å². The second-order valence-electron chi connectivity index (χ2n) is 4.47. The average molecular weight is 314 g/mol. The molecular formula is C16H14N2O5. The molecule has 2 rings (SSSR count). The number of anilines is 1. The maximum absolute atomic E-state index is 12.2. The van der Waals surface area contributed by atoms with E-state index in [4.69, 9.17) is 9.84 Å². The van der Waals surface area contributed by atoms with Gasteiger partial charge in [-0.2, -0.15) is 0 Å². The zero-order valence-corrected chi connectivity index (χ0v) is 12.1. The Morgan fingerprint density at radius 2 is 2.04 bits per heavy atom. The molecule has 0 saturated carbocycles. The number of aromatic nitrogens is 1. The third-order valence-electron chi connectivity index (χ3n) is 2.87. The molecule has 0 aliphatic heterocycles. The molecule has 1 amide bonds. The highest BCUT2D eigenvalue weighted by Gasteiger charge is 2.17. The highest BCUT2D eigenvalue weighted by molar-refractivity contribution is 6.05. The SMILES string of the molecule is C=CCOC(=O)n1cccc1C(=O)Nc1cccc(C(=O)O)c1. The number of amides is 1. The van der Waals surface area contributed by atoms with Crippen LogP contribution in [0.1, 0.15) is 20.8 Å². The third-order valence-corrected chi connectivity index (χ3v) is 2.87. The third kappa shape index (κ3) is 3.85. The number of aromatic carboxylic acids is 1. The summed E-state index contributed by atoms with van der Waals surface area (Å²) in [5, 5.41) is 11.5. The predicted molar refractivity (Wildman–Crippen MR) is 82.7 cm³/mol. The number of hydrogen-bond acceptors (Lipinski definition) is 4. The molecule has 0 spiro atoms. The Hall–Kier alpha value is -3.35. The zero-order valence-electron chi connectivity index (χ0n) is 12.1. The molecule has 0 atom stereocenters. The molecule has 1 heterocycles. The molecule has 0 aliphatic rings. The fourth-order valence-corrected chi connectivity index (χ4v) is 1.85. The first kappa shape index (κ1) is 16.0. The summed E-state index contributed by atoms with van der Waals surface area (Å²) in [6.07, 6.45) is 2.10. The van der Waals surface area contributed by atoms with Crippen LogP contribution >= 0.6 is 0 Å². The minimum atomic E-state index is -1.10. The van der Waals surface area contributed by atoms with Crippen molar-refractivity contribution >= 4 is 23.7 Å². The molecule has 0 bridgehead atoms. The number of carbonyl (C=O) groups excluding carboxylic acids is 2. The molecule has 118 valence electrons. The topological polar surface area (TPSA) is 97.6 Å². The van der Waals surface area contributed by atoms with Crippen LogP contribution in [0, 0.1) is 0 Å². The van der Waals surface area contributed by atoms with Gasteiger partial charge in [-0.1, -0.05) is 18.7 Å². The van der Waals surface area contributed by atoms with Gasteiger partial charge in [0.25, 0.3) is 5.91 Å². The van der Waals surface area contributed by atoms with Crippen molar-refractivity contribution in [3.05, 3.63) is 66.5 Å². The van der Waals surface area contributed by atoms with E-state index in [1.165, 1.54) is 42.6 Å². The molecular weight excluding hydrogens is 300 g/mol. The monoisotopic (exact) mass is 314 g/mol. The first-order valence-electron chi connectivity index (χ1n) is 6.63. The molecule has 2 aromatic rings. The van der Waals surface area contributed by atoms with Gasteiger partial charge in [0.05, 0.1) is 5.56 Å². The van der Waals surface area contributed by atoms with Crippen LogP contribution in [0.2, 0.25) is 0 Å². The molecule has 2 N–H and O–H groups in total. The highest BCUT2D eigenvalue weighted by atomic mass is 16.5. The molecule has 0 saturated heterocycles. The average Bonchev–Trinajstić information content (AvgIpc) is 3.02. The lowest BCUT2D eigenvalue weighted by Crippen LogP contribution is -2.22. The van der Waals surface area contributed by atoms with Crippen molar-refractivity contribution in [2.24, 2.45) is 0 Å². The van der Waals surface area contributed by atoms with Gasteiger partial charge in [0.1, 0.15) is 12.3 Å². The molecule has 1 aromatic carbocycles. The fraction of sp³-hybridized carbons (Fsp3) is 0.0625. The summed E-state index contributed by atoms with van der Waals surface area (Å²) in [5.74, 6) is -1.66. The van der Waals surface area contributed by atoms with Gasteiger partial charge in [-0.05, 0) is 30.3 Å². The Morgan fingerprint density at radius 3 is 2.74 bits per heavy atom. The van der Waals surface area contributed by atoms with Crippen LogP contribution in [-0.4, -0.2) is 34.3 Å². The van der Waals surface area contributed by atoms with Gasteiger partial charge >= 0.3 is 12.1 Å². The number of carboxylic acid groups (broad SMARTS) is 1. The van der Waals surface area contributed by atoms with Crippen molar-refractivity contribution in [2.75, 3.05) is 11.9 Å². The predicted octanol–water partition coefficient (Wildman–Crippen LogP) is 2.61. The molecule has 0 unspecified atom stereocenters. The van der Waals surface area contributed by atoms with Crippen molar-refractivity contribution in [1.82, 2.24) is 4.57 Å². The van der Waals surface area contributed by atoms with Crippen molar-refractivity contribution in [2.45, 2.75) is 0 Å². The van der Waals surface area contributed by atoms with Crippen LogP contribution in [0.3, 0.4) is 0 Å². The van der Waals surface area contributed by atoms with Gasteiger partial charge in [0.15, 0.2) is 0 Å². The smallest absolute Gasteiger partial charge is 0.418 e. The quantitative estimate of drug-likeness (QED) is 0.827. The summed E-state index contributed by atoms with van der Waals surface area (Å²) in [7, 11) is 0. The van der Waals surface area contributed by atoms with Crippen molar-refractivity contribution in [3.8, 4) is 0 Å². The Labute approximate surface area is 131 Å². The lowest BCUT2D eigenvalue weighted by Gasteiger charge is -2.09. The van der Waals surface area contributed by atoms with Crippen molar-refractivity contribution < 1.29 is 24.2 Å². The normalized spacial score (nSPS) is 9.91. The minimum Gasteiger partial charge on any atom is -0.478 e. The van der Waals surface area contributed by atoms with E-state index in [1.807, 2.05) is 0 Å². The van der Waals surface area contributed by atoms with Gasteiger partial charge in [-0.3, -0.25) is 4.79 Å². The van der Waals surface area contributed by atoms with E-state index in [0.717, 1.165) is 4.57 Å². The van der Waals surface area contributed by atoms with E-state index in [1.54, 1.807) is 6.07 Å². The lowest BCUT2D eigenvalue weighted by molar-refractivity contribution is 0.0696. The molecule has 0 fully saturated rings. The highest BCUT2D eigenvalue weighted by Crippen LogP contribution is 2.13. The number of carbonyl (C=O) groups is 3. The summed E-state index contributed by atoms with van der Waals surface area (Å²) in [6.45, 7) is 3.46. The maximum Gasteiger partial charge on any atom is 0.418 e. The lowest BCUT2D eigenvalue weighted by atomic mass is 10.2. The van der Waals surface area contributed by atoms with Crippen LogP contribution < -0.4 is 5.32 Å².